The maximum Gasteiger partial charge on any atom is 0.311 e. The summed E-state index contributed by atoms with van der Waals surface area (Å²) in [6, 6.07) is 0. The van der Waals surface area contributed by atoms with Gasteiger partial charge in [-0.1, -0.05) is 110 Å². The molecule has 0 aromatic carbocycles. The highest BCUT2D eigenvalue weighted by atomic mass is 16.5. The largest absolute Gasteiger partial charge is 0.465 e. The molecule has 0 fully saturated rings. The van der Waals surface area contributed by atoms with E-state index in [1.165, 1.54) is 109 Å². The lowest BCUT2D eigenvalue weighted by molar-refractivity contribution is -0.154. The maximum absolute atomic E-state index is 12.1. The summed E-state index contributed by atoms with van der Waals surface area (Å²) in [6.45, 7) is 11.0. The third kappa shape index (κ3) is 17.6. The molecule has 2 nitrogen and oxygen atoms in total. The number of ether oxygens (including phenoxy) is 1. The van der Waals surface area contributed by atoms with Crippen molar-refractivity contribution in [2.24, 2.45) is 11.3 Å². The second-order valence-corrected chi connectivity index (χ2v) is 9.89. The molecular weight excluding hydrogens is 344 g/mol. The van der Waals surface area contributed by atoms with Crippen molar-refractivity contribution < 1.29 is 9.53 Å². The van der Waals surface area contributed by atoms with Crippen molar-refractivity contribution in [3.05, 3.63) is 0 Å². The summed E-state index contributed by atoms with van der Waals surface area (Å²) < 4.78 is 5.66. The highest BCUT2D eigenvalue weighted by Gasteiger charge is 2.24. The lowest BCUT2D eigenvalue weighted by atomic mass is 9.94. The van der Waals surface area contributed by atoms with E-state index in [1.807, 2.05) is 20.8 Å². The van der Waals surface area contributed by atoms with Gasteiger partial charge in [0.05, 0.1) is 12.0 Å². The lowest BCUT2D eigenvalue weighted by Gasteiger charge is -2.21. The highest BCUT2D eigenvalue weighted by Crippen LogP contribution is 2.22. The molecule has 0 aromatic rings. The molecule has 28 heavy (non-hydrogen) atoms. The number of rotatable bonds is 19. The first kappa shape index (κ1) is 27.5. The first-order valence-electron chi connectivity index (χ1n) is 12.6. The molecule has 0 aliphatic carbocycles. The predicted molar refractivity (Wildman–Crippen MR) is 124 cm³/mol. The van der Waals surface area contributed by atoms with Crippen LogP contribution < -0.4 is 0 Å². The summed E-state index contributed by atoms with van der Waals surface area (Å²) in [5.74, 6) is 0.509. The summed E-state index contributed by atoms with van der Waals surface area (Å²) in [6.07, 6.45) is 22.8. The normalized spacial score (nSPS) is 12.9. The monoisotopic (exact) mass is 396 g/mol. The van der Waals surface area contributed by atoms with E-state index >= 15 is 0 Å². The average Bonchev–Trinajstić information content (AvgIpc) is 2.65. The van der Waals surface area contributed by atoms with Gasteiger partial charge in [-0.2, -0.15) is 0 Å². The molecule has 0 aliphatic rings. The van der Waals surface area contributed by atoms with Crippen LogP contribution in [0.2, 0.25) is 0 Å². The van der Waals surface area contributed by atoms with E-state index in [9.17, 15) is 4.79 Å². The van der Waals surface area contributed by atoms with Crippen molar-refractivity contribution in [1.82, 2.24) is 0 Å². The predicted octanol–water partition coefficient (Wildman–Crippen LogP) is 8.86. The van der Waals surface area contributed by atoms with Gasteiger partial charge >= 0.3 is 5.97 Å². The molecule has 168 valence electrons. The molecule has 0 spiro atoms. The third-order valence-corrected chi connectivity index (χ3v) is 5.74. The zero-order valence-electron chi connectivity index (χ0n) is 20.1. The molecule has 0 aromatic heterocycles. The minimum Gasteiger partial charge on any atom is -0.465 e. The van der Waals surface area contributed by atoms with Crippen molar-refractivity contribution in [3.63, 3.8) is 0 Å². The first-order valence-corrected chi connectivity index (χ1v) is 12.6. The quantitative estimate of drug-likeness (QED) is 0.161. The Labute approximate surface area is 177 Å². The van der Waals surface area contributed by atoms with Gasteiger partial charge in [0, 0.05) is 0 Å². The van der Waals surface area contributed by atoms with E-state index in [1.54, 1.807) is 0 Å². The molecule has 1 unspecified atom stereocenters. The van der Waals surface area contributed by atoms with Crippen LogP contribution in [0.3, 0.4) is 0 Å². The van der Waals surface area contributed by atoms with E-state index < -0.39 is 0 Å². The average molecular weight is 397 g/mol. The summed E-state index contributed by atoms with van der Waals surface area (Å²) in [5.41, 5.74) is -0.387. The molecule has 2 heteroatoms. The Hall–Kier alpha value is -0.530. The zero-order chi connectivity index (χ0) is 21.1. The number of hydrogen-bond donors (Lipinski definition) is 0. The Morgan fingerprint density at radius 2 is 1.00 bits per heavy atom. The van der Waals surface area contributed by atoms with Crippen LogP contribution in [-0.4, -0.2) is 12.6 Å². The van der Waals surface area contributed by atoms with Gasteiger partial charge in [-0.3, -0.25) is 4.79 Å². The van der Waals surface area contributed by atoms with Gasteiger partial charge in [0.25, 0.3) is 0 Å². The number of hydrogen-bond acceptors (Lipinski definition) is 2. The van der Waals surface area contributed by atoms with E-state index in [0.717, 1.165) is 0 Å². The Morgan fingerprint density at radius 3 is 1.36 bits per heavy atom. The maximum atomic E-state index is 12.1. The van der Waals surface area contributed by atoms with Crippen LogP contribution in [0.1, 0.15) is 144 Å². The van der Waals surface area contributed by atoms with Gasteiger partial charge in [-0.15, -0.1) is 0 Å². The number of carbonyl (C=O) groups is 1. The minimum absolute atomic E-state index is 0.0482. The summed E-state index contributed by atoms with van der Waals surface area (Å²) in [7, 11) is 0. The summed E-state index contributed by atoms with van der Waals surface area (Å²) >= 11 is 0. The first-order chi connectivity index (χ1) is 13.4. The van der Waals surface area contributed by atoms with Crippen LogP contribution in [0, 0.1) is 11.3 Å². The molecule has 0 saturated carbocycles. The van der Waals surface area contributed by atoms with Crippen molar-refractivity contribution in [3.8, 4) is 0 Å². The molecule has 0 amide bonds. The van der Waals surface area contributed by atoms with Crippen molar-refractivity contribution in [2.45, 2.75) is 144 Å². The minimum atomic E-state index is -0.387. The van der Waals surface area contributed by atoms with Gasteiger partial charge in [0.1, 0.15) is 0 Å². The fraction of sp³-hybridized carbons (Fsp3) is 0.962. The summed E-state index contributed by atoms with van der Waals surface area (Å²) in [4.78, 5) is 12.1. The molecule has 0 saturated heterocycles. The van der Waals surface area contributed by atoms with Gasteiger partial charge in [-0.05, 0) is 39.5 Å². The lowest BCUT2D eigenvalue weighted by Crippen LogP contribution is -2.25. The molecule has 0 aliphatic heterocycles. The van der Waals surface area contributed by atoms with Crippen LogP contribution in [0.15, 0.2) is 0 Å². The van der Waals surface area contributed by atoms with Crippen LogP contribution in [-0.2, 0) is 9.53 Å². The van der Waals surface area contributed by atoms with Crippen LogP contribution >= 0.6 is 0 Å². The molecule has 0 heterocycles. The second-order valence-electron chi connectivity index (χ2n) is 9.89. The number of esters is 1. The van der Waals surface area contributed by atoms with Crippen molar-refractivity contribution >= 4 is 5.97 Å². The molecular formula is C26H52O2. The number of unbranched alkanes of at least 4 members (excludes halogenated alkanes) is 13. The Morgan fingerprint density at radius 1 is 0.643 bits per heavy atom. The Balaban J connectivity index is 4.02. The van der Waals surface area contributed by atoms with Crippen LogP contribution in [0.4, 0.5) is 0 Å². The standard InChI is InChI=1S/C26H52O2/c1-6-8-10-12-14-16-18-20-22-24(23-28-25(27)26(3,4)5)21-19-17-15-13-11-9-7-2/h24H,6-23H2,1-5H3. The molecule has 0 N–H and O–H groups in total. The molecule has 0 rings (SSSR count). The van der Waals surface area contributed by atoms with Gasteiger partial charge in [0.15, 0.2) is 0 Å². The fourth-order valence-electron chi connectivity index (χ4n) is 3.68. The third-order valence-electron chi connectivity index (χ3n) is 5.74. The molecule has 0 bridgehead atoms. The van der Waals surface area contributed by atoms with E-state index in [-0.39, 0.29) is 11.4 Å². The van der Waals surface area contributed by atoms with Gasteiger partial charge in [0.2, 0.25) is 0 Å². The topological polar surface area (TPSA) is 26.3 Å². The van der Waals surface area contributed by atoms with E-state index in [2.05, 4.69) is 13.8 Å². The van der Waals surface area contributed by atoms with Crippen molar-refractivity contribution in [2.75, 3.05) is 6.61 Å². The molecule has 1 atom stereocenters. The highest BCUT2D eigenvalue weighted by molar-refractivity contribution is 5.75. The SMILES string of the molecule is CCCCCCCCCCC(CCCCCCCCC)COC(=O)C(C)(C)C. The van der Waals surface area contributed by atoms with Crippen molar-refractivity contribution in [1.29, 1.82) is 0 Å². The van der Waals surface area contributed by atoms with Gasteiger partial charge < -0.3 is 4.74 Å². The number of carbonyl (C=O) groups excluding carboxylic acids is 1. The Bertz CT molecular complexity index is 343. The zero-order valence-corrected chi connectivity index (χ0v) is 20.1. The smallest absolute Gasteiger partial charge is 0.311 e. The molecule has 0 radical (unpaired) electrons. The Kier molecular flexibility index (Phi) is 18.1. The van der Waals surface area contributed by atoms with Crippen LogP contribution in [0.5, 0.6) is 0 Å². The van der Waals surface area contributed by atoms with E-state index in [4.69, 9.17) is 4.74 Å². The summed E-state index contributed by atoms with van der Waals surface area (Å²) in [5, 5.41) is 0. The second kappa shape index (κ2) is 18.5. The van der Waals surface area contributed by atoms with Gasteiger partial charge in [-0.25, -0.2) is 0 Å². The van der Waals surface area contributed by atoms with Crippen LogP contribution in [0.25, 0.3) is 0 Å². The fourth-order valence-corrected chi connectivity index (χ4v) is 3.68. The van der Waals surface area contributed by atoms with E-state index in [0.29, 0.717) is 12.5 Å².